The number of allylic oxidation sites excluding steroid dienone is 3. The molecule has 6 nitrogen and oxygen atoms in total. The number of aliphatic carboxylic acids is 2. The molecule has 1 aliphatic rings. The van der Waals surface area contributed by atoms with Gasteiger partial charge in [0.2, 0.25) is 0 Å². The highest BCUT2D eigenvalue weighted by Crippen LogP contribution is 2.41. The fourth-order valence-electron chi connectivity index (χ4n) is 1.68. The Morgan fingerprint density at radius 2 is 1.88 bits per heavy atom. The molecule has 17 heavy (non-hydrogen) atoms. The van der Waals surface area contributed by atoms with Crippen LogP contribution in [0.4, 0.5) is 0 Å². The second-order valence-electron chi connectivity index (χ2n) is 3.75. The zero-order chi connectivity index (χ0) is 13.2. The van der Waals surface area contributed by atoms with Crippen LogP contribution >= 0.6 is 11.6 Å². The molecule has 0 aromatic heterocycles. The summed E-state index contributed by atoms with van der Waals surface area (Å²) >= 11 is 6.00. The van der Waals surface area contributed by atoms with Gasteiger partial charge >= 0.3 is 11.9 Å². The molecule has 0 heterocycles. The Morgan fingerprint density at radius 1 is 1.29 bits per heavy atom. The van der Waals surface area contributed by atoms with E-state index in [4.69, 9.17) is 21.8 Å². The van der Waals surface area contributed by atoms with E-state index in [0.29, 0.717) is 0 Å². The molecular weight excluding hydrogens is 252 g/mol. The summed E-state index contributed by atoms with van der Waals surface area (Å²) < 4.78 is 0. The van der Waals surface area contributed by atoms with Crippen molar-refractivity contribution in [1.82, 2.24) is 0 Å². The quantitative estimate of drug-likeness (QED) is 0.570. The van der Waals surface area contributed by atoms with Crippen LogP contribution in [0.2, 0.25) is 0 Å². The number of aliphatic hydroxyl groups is 2. The Bertz CT molecular complexity index is 413. The van der Waals surface area contributed by atoms with E-state index in [1.807, 2.05) is 0 Å². The molecule has 7 heteroatoms. The molecule has 0 aromatic carbocycles. The third-order valence-corrected chi connectivity index (χ3v) is 3.01. The average molecular weight is 263 g/mol. The predicted octanol–water partition coefficient (Wildman–Crippen LogP) is 1.43. The molecule has 0 bridgehead atoms. The maximum absolute atomic E-state index is 10.7. The Morgan fingerprint density at radius 3 is 2.35 bits per heavy atom. The molecule has 0 amide bonds. The second-order valence-corrected chi connectivity index (χ2v) is 4.46. The summed E-state index contributed by atoms with van der Waals surface area (Å²) in [7, 11) is 0. The Labute approximate surface area is 101 Å². The van der Waals surface area contributed by atoms with E-state index >= 15 is 0 Å². The van der Waals surface area contributed by atoms with Crippen LogP contribution in [0.15, 0.2) is 23.7 Å². The first-order chi connectivity index (χ1) is 7.76. The van der Waals surface area contributed by atoms with Gasteiger partial charge in [-0.05, 0) is 6.08 Å². The first kappa shape index (κ1) is 13.4. The van der Waals surface area contributed by atoms with Gasteiger partial charge in [0.1, 0.15) is 5.76 Å². The highest BCUT2D eigenvalue weighted by Gasteiger charge is 2.43. The summed E-state index contributed by atoms with van der Waals surface area (Å²) in [6.07, 6.45) is 1.12. The molecule has 0 aromatic rings. The Balaban J connectivity index is 3.08. The zero-order valence-electron chi connectivity index (χ0n) is 8.63. The molecule has 0 saturated carbocycles. The van der Waals surface area contributed by atoms with Crippen LogP contribution in [-0.2, 0) is 9.59 Å². The molecule has 0 fully saturated rings. The van der Waals surface area contributed by atoms with Crippen LogP contribution in [-0.4, -0.2) is 37.2 Å². The minimum atomic E-state index is -1.56. The Hall–Kier alpha value is -1.69. The number of aliphatic hydroxyl groups excluding tert-OH is 2. The van der Waals surface area contributed by atoms with Crippen LogP contribution in [0.1, 0.15) is 12.8 Å². The van der Waals surface area contributed by atoms with Crippen molar-refractivity contribution in [3.05, 3.63) is 23.7 Å². The number of carboxylic acids is 2. The van der Waals surface area contributed by atoms with Crippen molar-refractivity contribution in [2.45, 2.75) is 17.7 Å². The largest absolute Gasteiger partial charge is 0.508 e. The van der Waals surface area contributed by atoms with Crippen molar-refractivity contribution in [1.29, 1.82) is 0 Å². The summed E-state index contributed by atoms with van der Waals surface area (Å²) in [4.78, 5) is 19.8. The molecule has 0 spiro atoms. The first-order valence-corrected chi connectivity index (χ1v) is 5.08. The van der Waals surface area contributed by atoms with E-state index in [-0.39, 0.29) is 0 Å². The van der Waals surface area contributed by atoms with Crippen molar-refractivity contribution in [3.63, 3.8) is 0 Å². The molecule has 0 saturated heterocycles. The molecule has 2 unspecified atom stereocenters. The van der Waals surface area contributed by atoms with E-state index in [1.165, 1.54) is 6.08 Å². The molecule has 1 aliphatic carbocycles. The Kier molecular flexibility index (Phi) is 3.67. The molecule has 0 aliphatic heterocycles. The van der Waals surface area contributed by atoms with Crippen molar-refractivity contribution < 1.29 is 30.0 Å². The van der Waals surface area contributed by atoms with Crippen LogP contribution < -0.4 is 0 Å². The smallest absolute Gasteiger partial charge is 0.305 e. The SMILES string of the molecule is O=C(O)CC1C(O)=C(O)C=CC1(Cl)CC(=O)O. The van der Waals surface area contributed by atoms with Gasteiger partial charge in [0.25, 0.3) is 0 Å². The van der Waals surface area contributed by atoms with Crippen molar-refractivity contribution in [2.24, 2.45) is 5.92 Å². The van der Waals surface area contributed by atoms with Crippen LogP contribution in [0.25, 0.3) is 0 Å². The molecular formula is C10H11ClO6. The fraction of sp³-hybridized carbons (Fsp3) is 0.400. The highest BCUT2D eigenvalue weighted by atomic mass is 35.5. The molecule has 1 rings (SSSR count). The highest BCUT2D eigenvalue weighted by molar-refractivity contribution is 6.27. The van der Waals surface area contributed by atoms with Gasteiger partial charge in [0, 0.05) is 0 Å². The third kappa shape index (κ3) is 2.91. The zero-order valence-corrected chi connectivity index (χ0v) is 9.39. The number of rotatable bonds is 4. The number of alkyl halides is 1. The van der Waals surface area contributed by atoms with Crippen molar-refractivity contribution in [2.75, 3.05) is 0 Å². The summed E-state index contributed by atoms with van der Waals surface area (Å²) in [5, 5.41) is 36.2. The van der Waals surface area contributed by atoms with Gasteiger partial charge in [-0.25, -0.2) is 0 Å². The molecule has 2 atom stereocenters. The lowest BCUT2D eigenvalue weighted by atomic mass is 9.81. The lowest BCUT2D eigenvalue weighted by Gasteiger charge is -2.32. The third-order valence-electron chi connectivity index (χ3n) is 2.49. The number of hydrogen-bond donors (Lipinski definition) is 4. The van der Waals surface area contributed by atoms with Crippen molar-refractivity contribution >= 4 is 23.5 Å². The fourth-order valence-corrected chi connectivity index (χ4v) is 2.04. The summed E-state index contributed by atoms with van der Waals surface area (Å²) in [6.45, 7) is 0. The van der Waals surface area contributed by atoms with E-state index in [2.05, 4.69) is 0 Å². The van der Waals surface area contributed by atoms with Crippen LogP contribution in [0, 0.1) is 5.92 Å². The van der Waals surface area contributed by atoms with Crippen molar-refractivity contribution in [3.8, 4) is 0 Å². The summed E-state index contributed by atoms with van der Waals surface area (Å²) in [5.41, 5.74) is 0. The standard InChI is InChI=1S/C10H11ClO6/c11-10(4-8(15)16)2-1-6(12)9(17)5(10)3-7(13)14/h1-2,5,12,17H,3-4H2,(H,13,14)(H,15,16). The predicted molar refractivity (Wildman–Crippen MR) is 58.0 cm³/mol. The normalized spacial score (nSPS) is 28.2. The maximum atomic E-state index is 10.7. The van der Waals surface area contributed by atoms with Crippen LogP contribution in [0.3, 0.4) is 0 Å². The summed E-state index contributed by atoms with van der Waals surface area (Å²) in [6, 6.07) is 0. The lowest BCUT2D eigenvalue weighted by molar-refractivity contribution is -0.141. The number of halogens is 1. The van der Waals surface area contributed by atoms with E-state index in [9.17, 15) is 19.8 Å². The van der Waals surface area contributed by atoms with Gasteiger partial charge in [-0.1, -0.05) is 6.08 Å². The average Bonchev–Trinajstić information content (AvgIpc) is 2.18. The topological polar surface area (TPSA) is 115 Å². The van der Waals surface area contributed by atoms with Gasteiger partial charge in [-0.3, -0.25) is 9.59 Å². The van der Waals surface area contributed by atoms with Gasteiger partial charge < -0.3 is 20.4 Å². The van der Waals surface area contributed by atoms with E-state index in [1.54, 1.807) is 0 Å². The van der Waals surface area contributed by atoms with Gasteiger partial charge in [-0.2, -0.15) is 0 Å². The number of carbonyl (C=O) groups is 2. The second kappa shape index (κ2) is 4.67. The minimum absolute atomic E-state index is 0.502. The van der Waals surface area contributed by atoms with Crippen LogP contribution in [0.5, 0.6) is 0 Å². The minimum Gasteiger partial charge on any atom is -0.508 e. The number of hydrogen-bond acceptors (Lipinski definition) is 4. The van der Waals surface area contributed by atoms with E-state index < -0.39 is 47.1 Å². The lowest BCUT2D eigenvalue weighted by Crippen LogP contribution is -2.37. The summed E-state index contributed by atoms with van der Waals surface area (Å²) in [5.74, 6) is -4.76. The number of carboxylic acid groups (broad SMARTS) is 2. The van der Waals surface area contributed by atoms with E-state index in [0.717, 1.165) is 6.08 Å². The molecule has 4 N–H and O–H groups in total. The first-order valence-electron chi connectivity index (χ1n) is 4.70. The van der Waals surface area contributed by atoms with Gasteiger partial charge in [-0.15, -0.1) is 11.6 Å². The van der Waals surface area contributed by atoms with Gasteiger partial charge in [0.15, 0.2) is 5.76 Å². The molecule has 94 valence electrons. The maximum Gasteiger partial charge on any atom is 0.305 e. The molecule has 0 radical (unpaired) electrons. The van der Waals surface area contributed by atoms with Gasteiger partial charge in [0.05, 0.1) is 23.6 Å². The monoisotopic (exact) mass is 262 g/mol.